The van der Waals surface area contributed by atoms with E-state index in [4.69, 9.17) is 0 Å². The van der Waals surface area contributed by atoms with Crippen LogP contribution in [0.1, 0.15) is 27.2 Å². The first kappa shape index (κ1) is 22.7. The molecule has 0 radical (unpaired) electrons. The van der Waals surface area contributed by atoms with Crippen molar-refractivity contribution < 1.29 is 19.4 Å². The number of carbonyl (C=O) groups is 1. The van der Waals surface area contributed by atoms with Gasteiger partial charge in [-0.1, -0.05) is 18.2 Å². The van der Waals surface area contributed by atoms with Gasteiger partial charge in [-0.15, -0.1) is 10.2 Å². The first-order valence-electron chi connectivity index (χ1n) is 10.3. The van der Waals surface area contributed by atoms with Crippen molar-refractivity contribution in [3.8, 4) is 22.6 Å². The second-order valence-corrected chi connectivity index (χ2v) is 7.90. The SMILES string of the molecule is Cc1ccc(-n2[nH]c(C)c(N=Nc3cccc(-c4cc(F)cc(C(=O)O)c4)c3O)c2=O)cc1C. The van der Waals surface area contributed by atoms with E-state index in [1.54, 1.807) is 13.0 Å². The van der Waals surface area contributed by atoms with Crippen molar-refractivity contribution in [2.24, 2.45) is 10.2 Å². The third kappa shape index (κ3) is 4.23. The fraction of sp³-hybridized carbons (Fsp3) is 0.120. The van der Waals surface area contributed by atoms with E-state index in [0.29, 0.717) is 11.4 Å². The van der Waals surface area contributed by atoms with Gasteiger partial charge in [0.15, 0.2) is 11.4 Å². The number of hydrogen-bond donors (Lipinski definition) is 3. The minimum Gasteiger partial charge on any atom is -0.505 e. The quantitative estimate of drug-likeness (QED) is 0.330. The Hall–Kier alpha value is -4.53. The number of carboxylic acid groups (broad SMARTS) is 1. The molecule has 0 aliphatic rings. The molecule has 0 bridgehead atoms. The molecule has 3 N–H and O–H groups in total. The van der Waals surface area contributed by atoms with Gasteiger partial charge in [0.2, 0.25) is 0 Å². The minimum atomic E-state index is -1.29. The number of carboxylic acids is 1. The third-order valence-corrected chi connectivity index (χ3v) is 5.52. The Kier molecular flexibility index (Phi) is 5.85. The van der Waals surface area contributed by atoms with Crippen molar-refractivity contribution in [2.75, 3.05) is 0 Å². The number of aryl methyl sites for hydroxylation is 3. The van der Waals surface area contributed by atoms with Crippen molar-refractivity contribution in [1.82, 2.24) is 9.78 Å². The number of hydrogen-bond acceptors (Lipinski definition) is 5. The second-order valence-electron chi connectivity index (χ2n) is 7.90. The normalized spacial score (nSPS) is 11.3. The molecule has 0 spiro atoms. The number of azo groups is 1. The van der Waals surface area contributed by atoms with Crippen molar-refractivity contribution >= 4 is 17.3 Å². The van der Waals surface area contributed by atoms with Crippen molar-refractivity contribution in [2.45, 2.75) is 20.8 Å². The van der Waals surface area contributed by atoms with Crippen molar-refractivity contribution in [1.29, 1.82) is 0 Å². The van der Waals surface area contributed by atoms with E-state index in [1.165, 1.54) is 22.9 Å². The van der Waals surface area contributed by atoms with Crippen LogP contribution in [0.5, 0.6) is 5.75 Å². The number of aromatic nitrogens is 2. The monoisotopic (exact) mass is 460 g/mol. The Morgan fingerprint density at radius 3 is 2.47 bits per heavy atom. The van der Waals surface area contributed by atoms with E-state index < -0.39 is 17.3 Å². The van der Waals surface area contributed by atoms with Gasteiger partial charge in [-0.2, -0.15) is 0 Å². The van der Waals surface area contributed by atoms with E-state index in [9.17, 15) is 24.2 Å². The lowest BCUT2D eigenvalue weighted by Crippen LogP contribution is -2.14. The number of aromatic hydroxyl groups is 1. The van der Waals surface area contributed by atoms with Crippen LogP contribution in [-0.2, 0) is 0 Å². The highest BCUT2D eigenvalue weighted by Crippen LogP contribution is 2.38. The highest BCUT2D eigenvalue weighted by atomic mass is 19.1. The number of rotatable bonds is 5. The summed E-state index contributed by atoms with van der Waals surface area (Å²) in [7, 11) is 0. The van der Waals surface area contributed by atoms with Crippen LogP contribution in [0.4, 0.5) is 15.8 Å². The molecule has 0 saturated heterocycles. The van der Waals surface area contributed by atoms with E-state index in [2.05, 4.69) is 15.3 Å². The number of phenols is 1. The van der Waals surface area contributed by atoms with Crippen LogP contribution in [0.25, 0.3) is 16.8 Å². The topological polar surface area (TPSA) is 120 Å². The lowest BCUT2D eigenvalue weighted by Gasteiger charge is -2.08. The van der Waals surface area contributed by atoms with Gasteiger partial charge >= 0.3 is 5.97 Å². The van der Waals surface area contributed by atoms with E-state index in [0.717, 1.165) is 23.3 Å². The molecule has 1 heterocycles. The zero-order valence-electron chi connectivity index (χ0n) is 18.6. The molecule has 0 atom stereocenters. The van der Waals surface area contributed by atoms with E-state index in [1.807, 2.05) is 32.0 Å². The van der Waals surface area contributed by atoms with Crippen molar-refractivity contribution in [3.63, 3.8) is 0 Å². The highest BCUT2D eigenvalue weighted by molar-refractivity contribution is 5.90. The average Bonchev–Trinajstić information content (AvgIpc) is 3.07. The van der Waals surface area contributed by atoms with Gasteiger partial charge in [-0.05, 0) is 73.9 Å². The zero-order valence-corrected chi connectivity index (χ0v) is 18.6. The summed E-state index contributed by atoms with van der Waals surface area (Å²) in [6, 6.07) is 13.4. The fourth-order valence-electron chi connectivity index (χ4n) is 3.52. The molecule has 0 unspecified atom stereocenters. The standard InChI is InChI=1S/C25H21FN4O4/c1-13-7-8-19(9-14(13)2)30-24(32)22(15(3)29-30)28-27-21-6-4-5-20(23(21)31)16-10-17(25(33)34)12-18(26)11-16/h4-12,29,31H,1-3H3,(H,33,34). The number of H-pyrrole nitrogens is 1. The smallest absolute Gasteiger partial charge is 0.335 e. The number of nitrogens with one attached hydrogen (secondary N) is 1. The van der Waals surface area contributed by atoms with E-state index >= 15 is 0 Å². The van der Waals surface area contributed by atoms with Crippen LogP contribution in [-0.4, -0.2) is 26.0 Å². The van der Waals surface area contributed by atoms with Gasteiger partial charge in [-0.25, -0.2) is 13.9 Å². The molecular weight excluding hydrogens is 439 g/mol. The summed E-state index contributed by atoms with van der Waals surface area (Å²) in [5, 5.41) is 31.0. The minimum absolute atomic E-state index is 0.0383. The molecule has 0 amide bonds. The Morgan fingerprint density at radius 1 is 1.00 bits per heavy atom. The predicted molar refractivity (Wildman–Crippen MR) is 125 cm³/mol. The molecule has 0 aliphatic carbocycles. The molecular formula is C25H21FN4O4. The summed E-state index contributed by atoms with van der Waals surface area (Å²) in [4.78, 5) is 24.2. The molecule has 4 aromatic rings. The Bertz CT molecular complexity index is 1520. The highest BCUT2D eigenvalue weighted by Gasteiger charge is 2.15. The lowest BCUT2D eigenvalue weighted by molar-refractivity contribution is 0.0696. The molecule has 0 saturated carbocycles. The number of aromatic carboxylic acids is 1. The van der Waals surface area contributed by atoms with Crippen LogP contribution < -0.4 is 5.56 Å². The van der Waals surface area contributed by atoms with Crippen LogP contribution in [0.3, 0.4) is 0 Å². The van der Waals surface area contributed by atoms with Gasteiger partial charge in [0.05, 0.1) is 16.9 Å². The fourth-order valence-corrected chi connectivity index (χ4v) is 3.52. The van der Waals surface area contributed by atoms with E-state index in [-0.39, 0.29) is 33.8 Å². The van der Waals surface area contributed by atoms with Crippen LogP contribution in [0.15, 0.2) is 69.6 Å². The van der Waals surface area contributed by atoms with Gasteiger partial charge in [0.25, 0.3) is 5.56 Å². The summed E-state index contributed by atoms with van der Waals surface area (Å²) in [6.07, 6.45) is 0. The number of phenolic OH excluding ortho intramolecular Hbond substituents is 1. The first-order chi connectivity index (χ1) is 16.2. The Labute approximate surface area is 193 Å². The maximum Gasteiger partial charge on any atom is 0.335 e. The van der Waals surface area contributed by atoms with Gasteiger partial charge < -0.3 is 10.2 Å². The average molecular weight is 460 g/mol. The van der Waals surface area contributed by atoms with Gasteiger partial charge in [0.1, 0.15) is 11.5 Å². The second kappa shape index (κ2) is 8.78. The number of halogens is 1. The number of nitrogens with zero attached hydrogens (tertiary/aromatic N) is 3. The maximum absolute atomic E-state index is 13.9. The number of para-hydroxylation sites is 1. The predicted octanol–water partition coefficient (Wildman–Crippen LogP) is 5.72. The lowest BCUT2D eigenvalue weighted by atomic mass is 10.0. The Morgan fingerprint density at radius 2 is 1.76 bits per heavy atom. The van der Waals surface area contributed by atoms with Gasteiger partial charge in [0, 0.05) is 5.56 Å². The number of benzene rings is 3. The summed E-state index contributed by atoms with van der Waals surface area (Å²) in [6.45, 7) is 5.62. The van der Waals surface area contributed by atoms with Crippen molar-refractivity contribution in [3.05, 3.63) is 93.2 Å². The molecule has 0 fully saturated rings. The molecule has 0 aliphatic heterocycles. The summed E-state index contributed by atoms with van der Waals surface area (Å²) >= 11 is 0. The summed E-state index contributed by atoms with van der Waals surface area (Å²) in [5.74, 6) is -2.37. The molecule has 3 aromatic carbocycles. The summed E-state index contributed by atoms with van der Waals surface area (Å²) < 4.78 is 15.3. The number of aromatic amines is 1. The van der Waals surface area contributed by atoms with Crippen LogP contribution in [0.2, 0.25) is 0 Å². The molecule has 34 heavy (non-hydrogen) atoms. The Balaban J connectivity index is 1.72. The maximum atomic E-state index is 13.9. The van der Waals surface area contributed by atoms with Crippen LogP contribution >= 0.6 is 0 Å². The molecule has 1 aromatic heterocycles. The third-order valence-electron chi connectivity index (χ3n) is 5.52. The molecule has 172 valence electrons. The van der Waals surface area contributed by atoms with Gasteiger partial charge in [-0.3, -0.25) is 9.89 Å². The molecule has 8 nitrogen and oxygen atoms in total. The zero-order chi connectivity index (χ0) is 24.6. The first-order valence-corrected chi connectivity index (χ1v) is 10.3. The summed E-state index contributed by atoms with van der Waals surface area (Å²) in [5.41, 5.74) is 3.07. The largest absolute Gasteiger partial charge is 0.505 e. The van der Waals surface area contributed by atoms with Crippen LogP contribution in [0, 0.1) is 26.6 Å². The molecule has 9 heteroatoms. The molecule has 4 rings (SSSR count).